The minimum atomic E-state index is -0.654. The molecule has 1 aromatic carbocycles. The van der Waals surface area contributed by atoms with Gasteiger partial charge in [-0.3, -0.25) is 0 Å². The summed E-state index contributed by atoms with van der Waals surface area (Å²) in [6.45, 7) is 3.29. The summed E-state index contributed by atoms with van der Waals surface area (Å²) in [5, 5.41) is 2.33. The summed E-state index contributed by atoms with van der Waals surface area (Å²) in [5.74, 6) is -1.11. The molecule has 0 aromatic heterocycles. The van der Waals surface area contributed by atoms with E-state index in [1.165, 1.54) is 0 Å². The largest absolute Gasteiger partial charge is 0.447 e. The van der Waals surface area contributed by atoms with Crippen LogP contribution in [0.3, 0.4) is 0 Å². The fourth-order valence-corrected chi connectivity index (χ4v) is 1.10. The first kappa shape index (κ1) is 12.4. The number of carbonyl (C=O) groups excluding carboxylic acids is 1. The van der Waals surface area contributed by atoms with Gasteiger partial charge in [0.25, 0.3) is 0 Å². The Hall–Kier alpha value is -1.65. The second-order valence-electron chi connectivity index (χ2n) is 3.54. The number of nitrogens with one attached hydrogen (secondary N) is 1. The fraction of sp³-hybridized carbons (Fsp3) is 0.364. The first-order valence-corrected chi connectivity index (χ1v) is 4.87. The Labute approximate surface area is 92.4 Å². The minimum Gasteiger partial charge on any atom is -0.447 e. The molecule has 0 aliphatic carbocycles. The minimum absolute atomic E-state index is 0.0840. The normalized spacial score (nSPS) is 10.3. The fourth-order valence-electron chi connectivity index (χ4n) is 1.10. The van der Waals surface area contributed by atoms with E-state index >= 15 is 0 Å². The van der Waals surface area contributed by atoms with Crippen molar-refractivity contribution in [3.63, 3.8) is 0 Å². The summed E-state index contributed by atoms with van der Waals surface area (Å²) in [6.07, 6.45) is -0.906. The number of rotatable bonds is 3. The van der Waals surface area contributed by atoms with Gasteiger partial charge in [-0.15, -0.1) is 0 Å². The molecule has 3 nitrogen and oxygen atoms in total. The molecule has 0 spiro atoms. The van der Waals surface area contributed by atoms with Crippen molar-refractivity contribution in [2.75, 3.05) is 0 Å². The highest BCUT2D eigenvalue weighted by Crippen LogP contribution is 2.09. The summed E-state index contributed by atoms with van der Waals surface area (Å²) in [4.78, 5) is 11.1. The van der Waals surface area contributed by atoms with Gasteiger partial charge in [0.2, 0.25) is 0 Å². The van der Waals surface area contributed by atoms with E-state index in [1.54, 1.807) is 13.8 Å². The van der Waals surface area contributed by atoms with E-state index in [-0.39, 0.29) is 18.2 Å². The second kappa shape index (κ2) is 5.44. The lowest BCUT2D eigenvalue weighted by atomic mass is 10.2. The van der Waals surface area contributed by atoms with Gasteiger partial charge in [0.05, 0.1) is 6.10 Å². The lowest BCUT2D eigenvalue weighted by molar-refractivity contribution is 0.115. The van der Waals surface area contributed by atoms with E-state index in [1.807, 2.05) is 0 Å². The molecule has 0 saturated heterocycles. The Bertz CT molecular complexity index is 380. The molecule has 0 heterocycles. The van der Waals surface area contributed by atoms with E-state index in [0.29, 0.717) is 0 Å². The summed E-state index contributed by atoms with van der Waals surface area (Å²) in [5.41, 5.74) is 0.0840. The molecule has 0 atom stereocenters. The Kier molecular flexibility index (Phi) is 4.22. The third-order valence-electron chi connectivity index (χ3n) is 1.77. The van der Waals surface area contributed by atoms with Crippen molar-refractivity contribution in [3.8, 4) is 0 Å². The Morgan fingerprint density at radius 2 is 2.12 bits per heavy atom. The van der Waals surface area contributed by atoms with E-state index in [9.17, 15) is 13.6 Å². The quantitative estimate of drug-likeness (QED) is 0.865. The van der Waals surface area contributed by atoms with E-state index < -0.39 is 17.7 Å². The first-order chi connectivity index (χ1) is 7.49. The molecule has 0 bridgehead atoms. The highest BCUT2D eigenvalue weighted by molar-refractivity contribution is 5.67. The van der Waals surface area contributed by atoms with E-state index in [2.05, 4.69) is 5.32 Å². The van der Waals surface area contributed by atoms with Crippen LogP contribution in [-0.4, -0.2) is 12.2 Å². The highest BCUT2D eigenvalue weighted by atomic mass is 19.1. The third kappa shape index (κ3) is 3.84. The van der Waals surface area contributed by atoms with Crippen molar-refractivity contribution < 1.29 is 18.3 Å². The van der Waals surface area contributed by atoms with Crippen molar-refractivity contribution in [1.29, 1.82) is 0 Å². The van der Waals surface area contributed by atoms with Crippen LogP contribution in [0.4, 0.5) is 13.6 Å². The summed E-state index contributed by atoms with van der Waals surface area (Å²) in [7, 11) is 0. The van der Waals surface area contributed by atoms with Crippen molar-refractivity contribution in [2.24, 2.45) is 0 Å². The van der Waals surface area contributed by atoms with Crippen molar-refractivity contribution in [1.82, 2.24) is 5.32 Å². The van der Waals surface area contributed by atoms with Crippen LogP contribution in [0, 0.1) is 11.6 Å². The van der Waals surface area contributed by atoms with Gasteiger partial charge in [-0.1, -0.05) is 0 Å². The molecule has 5 heteroatoms. The molecule has 0 aliphatic heterocycles. The SMILES string of the molecule is CC(C)OC(=O)NCc1cc(F)ccc1F. The third-order valence-corrected chi connectivity index (χ3v) is 1.77. The zero-order valence-corrected chi connectivity index (χ0v) is 9.09. The van der Waals surface area contributed by atoms with Gasteiger partial charge >= 0.3 is 6.09 Å². The van der Waals surface area contributed by atoms with Gasteiger partial charge in [-0.25, -0.2) is 13.6 Å². The van der Waals surface area contributed by atoms with E-state index in [0.717, 1.165) is 18.2 Å². The number of ether oxygens (including phenoxy) is 1. The zero-order chi connectivity index (χ0) is 12.1. The molecule has 1 rings (SSSR count). The topological polar surface area (TPSA) is 38.3 Å². The lowest BCUT2D eigenvalue weighted by Gasteiger charge is -2.09. The van der Waals surface area contributed by atoms with Crippen LogP contribution < -0.4 is 5.32 Å². The van der Waals surface area contributed by atoms with Gasteiger partial charge in [0.1, 0.15) is 11.6 Å². The maximum atomic E-state index is 13.1. The molecule has 0 fully saturated rings. The van der Waals surface area contributed by atoms with Gasteiger partial charge in [-0.05, 0) is 32.0 Å². The molecule has 0 unspecified atom stereocenters. The Balaban J connectivity index is 2.54. The van der Waals surface area contributed by atoms with Crippen molar-refractivity contribution in [3.05, 3.63) is 35.4 Å². The van der Waals surface area contributed by atoms with Gasteiger partial charge in [-0.2, -0.15) is 0 Å². The number of alkyl carbamates (subject to hydrolysis) is 1. The maximum absolute atomic E-state index is 13.1. The van der Waals surface area contributed by atoms with Crippen LogP contribution >= 0.6 is 0 Å². The molecule has 1 aromatic rings. The number of halogens is 2. The molecule has 88 valence electrons. The lowest BCUT2D eigenvalue weighted by Crippen LogP contribution is -2.26. The van der Waals surface area contributed by atoms with Gasteiger partial charge in [0, 0.05) is 12.1 Å². The number of hydrogen-bond donors (Lipinski definition) is 1. The maximum Gasteiger partial charge on any atom is 0.407 e. The van der Waals surface area contributed by atoms with Crippen LogP contribution in [-0.2, 0) is 11.3 Å². The van der Waals surface area contributed by atoms with Crippen LogP contribution in [0.25, 0.3) is 0 Å². The van der Waals surface area contributed by atoms with Crippen LogP contribution in [0.5, 0.6) is 0 Å². The smallest absolute Gasteiger partial charge is 0.407 e. The van der Waals surface area contributed by atoms with Gasteiger partial charge in [0.15, 0.2) is 0 Å². The molecule has 0 aliphatic rings. The van der Waals surface area contributed by atoms with Crippen LogP contribution in [0.15, 0.2) is 18.2 Å². The molecular weight excluding hydrogens is 216 g/mol. The zero-order valence-electron chi connectivity index (χ0n) is 9.09. The number of amides is 1. The number of carbonyl (C=O) groups is 1. The molecule has 1 amide bonds. The second-order valence-corrected chi connectivity index (χ2v) is 3.54. The van der Waals surface area contributed by atoms with Crippen molar-refractivity contribution in [2.45, 2.75) is 26.5 Å². The van der Waals surface area contributed by atoms with E-state index in [4.69, 9.17) is 4.74 Å². The number of benzene rings is 1. The molecule has 16 heavy (non-hydrogen) atoms. The predicted octanol–water partition coefficient (Wildman–Crippen LogP) is 2.60. The summed E-state index contributed by atoms with van der Waals surface area (Å²) in [6, 6.07) is 3.07. The molecule has 0 saturated carbocycles. The first-order valence-electron chi connectivity index (χ1n) is 4.87. The molecule has 0 radical (unpaired) electrons. The van der Waals surface area contributed by atoms with Gasteiger partial charge < -0.3 is 10.1 Å². The standard InChI is InChI=1S/C11H13F2NO2/c1-7(2)16-11(15)14-6-8-5-9(12)3-4-10(8)13/h3-5,7H,6H2,1-2H3,(H,14,15). The molecule has 1 N–H and O–H groups in total. The number of hydrogen-bond acceptors (Lipinski definition) is 2. The summed E-state index contributed by atoms with van der Waals surface area (Å²) >= 11 is 0. The monoisotopic (exact) mass is 229 g/mol. The molecular formula is C11H13F2NO2. The Morgan fingerprint density at radius 3 is 2.75 bits per heavy atom. The van der Waals surface area contributed by atoms with Crippen LogP contribution in [0.2, 0.25) is 0 Å². The van der Waals surface area contributed by atoms with Crippen LogP contribution in [0.1, 0.15) is 19.4 Å². The average Bonchev–Trinajstić information content (AvgIpc) is 2.18. The van der Waals surface area contributed by atoms with Crippen molar-refractivity contribution >= 4 is 6.09 Å². The highest BCUT2D eigenvalue weighted by Gasteiger charge is 2.07. The average molecular weight is 229 g/mol. The predicted molar refractivity (Wildman–Crippen MR) is 54.8 cm³/mol. The summed E-state index contributed by atoms with van der Waals surface area (Å²) < 4.78 is 30.7. The Morgan fingerprint density at radius 1 is 1.44 bits per heavy atom.